The van der Waals surface area contributed by atoms with E-state index in [-0.39, 0.29) is 29.9 Å². The van der Waals surface area contributed by atoms with Crippen LogP contribution in [0.4, 0.5) is 5.69 Å². The Bertz CT molecular complexity index is 1270. The van der Waals surface area contributed by atoms with Gasteiger partial charge in [-0.15, -0.1) is 0 Å². The molecule has 1 aliphatic rings. The minimum absolute atomic E-state index is 0.0913. The van der Waals surface area contributed by atoms with Crippen LogP contribution in [0.1, 0.15) is 29.8 Å². The Balaban J connectivity index is 1.68. The van der Waals surface area contributed by atoms with E-state index in [1.54, 1.807) is 7.05 Å². The summed E-state index contributed by atoms with van der Waals surface area (Å²) in [4.78, 5) is 55.2. The number of sulfonamides is 1. The molecule has 1 saturated heterocycles. The average molecular weight is 548 g/mol. The van der Waals surface area contributed by atoms with Crippen molar-refractivity contribution >= 4 is 39.2 Å². The van der Waals surface area contributed by atoms with E-state index in [1.807, 2.05) is 7.05 Å². The summed E-state index contributed by atoms with van der Waals surface area (Å²) in [6, 6.07) is 4.79. The predicted molar refractivity (Wildman–Crippen MR) is 139 cm³/mol. The lowest BCUT2D eigenvalue weighted by Gasteiger charge is -2.31. The number of nitrogens with one attached hydrogen (secondary N) is 3. The van der Waals surface area contributed by atoms with Crippen molar-refractivity contribution < 1.29 is 27.6 Å². The van der Waals surface area contributed by atoms with Gasteiger partial charge in [0.1, 0.15) is 11.7 Å². The van der Waals surface area contributed by atoms with Crippen LogP contribution in [0, 0.1) is 0 Å². The van der Waals surface area contributed by atoms with Gasteiger partial charge in [0.2, 0.25) is 21.7 Å². The fourth-order valence-corrected chi connectivity index (χ4v) is 5.34. The molecule has 206 valence electrons. The van der Waals surface area contributed by atoms with Crippen LogP contribution in [0.25, 0.3) is 0 Å². The van der Waals surface area contributed by atoms with Gasteiger partial charge in [0.05, 0.1) is 17.4 Å². The Hall–Kier alpha value is -3.62. The van der Waals surface area contributed by atoms with E-state index in [0.29, 0.717) is 31.9 Å². The monoisotopic (exact) mass is 547 g/mol. The molecule has 0 saturated carbocycles. The summed E-state index contributed by atoms with van der Waals surface area (Å²) in [5, 5.41) is 7.60. The molecule has 13 nitrogen and oxygen atoms in total. The number of imidazole rings is 1. The molecule has 1 unspecified atom stereocenters. The first-order valence-corrected chi connectivity index (χ1v) is 13.6. The molecule has 2 aromatic rings. The second kappa shape index (κ2) is 12.8. The van der Waals surface area contributed by atoms with Crippen molar-refractivity contribution in [1.82, 2.24) is 29.4 Å². The number of benzene rings is 1. The van der Waals surface area contributed by atoms with Crippen LogP contribution in [0.2, 0.25) is 0 Å². The van der Waals surface area contributed by atoms with Crippen LogP contribution >= 0.6 is 0 Å². The number of nitrogens with zero attached hydrogens (tertiary/aromatic N) is 4. The fourth-order valence-electron chi connectivity index (χ4n) is 3.91. The number of aryl methyl sites for hydroxylation is 1. The first kappa shape index (κ1) is 28.9. The average Bonchev–Trinajstić information content (AvgIpc) is 3.33. The molecule has 1 aromatic heterocycles. The lowest BCUT2D eigenvalue weighted by Crippen LogP contribution is -2.47. The van der Waals surface area contributed by atoms with Crippen LogP contribution in [0.5, 0.6) is 0 Å². The molecular formula is C24H33N7O6S. The second-order valence-corrected chi connectivity index (χ2v) is 11.0. The third kappa shape index (κ3) is 7.24. The standard InChI is InChI=1S/C24H33N7O6S/c1-25-24(35)21(32)6-4-5-19(28-23(34)20-15-26-16-30(20)3)22(33)27-17-7-9-18(10-8-17)38(36,37)31-13-11-29(2)12-14-31/h7-10,15-16,19H,4-6,11-14H2,1-3H3,(H,25,35)(H,27,33)(H,28,34). The van der Waals surface area contributed by atoms with E-state index in [9.17, 15) is 27.6 Å². The van der Waals surface area contributed by atoms with Gasteiger partial charge in [0.15, 0.2) is 0 Å². The Kier molecular flexibility index (Phi) is 9.72. The highest BCUT2D eigenvalue weighted by Gasteiger charge is 2.28. The minimum atomic E-state index is -3.66. The first-order valence-electron chi connectivity index (χ1n) is 12.1. The molecule has 3 amide bonds. The van der Waals surface area contributed by atoms with Crippen LogP contribution in [-0.4, -0.2) is 97.0 Å². The first-order chi connectivity index (χ1) is 18.0. The molecule has 0 bridgehead atoms. The van der Waals surface area contributed by atoms with Crippen molar-refractivity contribution in [1.29, 1.82) is 0 Å². The van der Waals surface area contributed by atoms with Gasteiger partial charge in [-0.05, 0) is 44.2 Å². The van der Waals surface area contributed by atoms with Crippen LogP contribution in [0.3, 0.4) is 0 Å². The summed E-state index contributed by atoms with van der Waals surface area (Å²) in [6.07, 6.45) is 2.98. The lowest BCUT2D eigenvalue weighted by atomic mass is 10.1. The normalized spacial score (nSPS) is 15.4. The third-order valence-electron chi connectivity index (χ3n) is 6.27. The largest absolute Gasteiger partial charge is 0.353 e. The number of hydrogen-bond acceptors (Lipinski definition) is 8. The van der Waals surface area contributed by atoms with E-state index >= 15 is 0 Å². The molecule has 2 heterocycles. The third-order valence-corrected chi connectivity index (χ3v) is 8.18. The second-order valence-electron chi connectivity index (χ2n) is 9.03. The van der Waals surface area contributed by atoms with Gasteiger partial charge in [-0.1, -0.05) is 0 Å². The number of aromatic nitrogens is 2. The van der Waals surface area contributed by atoms with Gasteiger partial charge in [-0.25, -0.2) is 13.4 Å². The molecule has 38 heavy (non-hydrogen) atoms. The van der Waals surface area contributed by atoms with Gasteiger partial charge in [0, 0.05) is 52.4 Å². The number of likely N-dealkylation sites (N-methyl/N-ethyl adjacent to an activating group) is 2. The molecule has 0 radical (unpaired) electrons. The van der Waals surface area contributed by atoms with Crippen LogP contribution < -0.4 is 16.0 Å². The predicted octanol–water partition coefficient (Wildman–Crippen LogP) is -0.421. The highest BCUT2D eigenvalue weighted by molar-refractivity contribution is 7.89. The SMILES string of the molecule is CNC(=O)C(=O)CCCC(NC(=O)c1cncn1C)C(=O)Nc1ccc(S(=O)(=O)N2CCN(C)CC2)cc1. The summed E-state index contributed by atoms with van der Waals surface area (Å²) in [5.74, 6) is -2.43. The molecule has 1 fully saturated rings. The van der Waals surface area contributed by atoms with E-state index in [2.05, 4.69) is 25.8 Å². The summed E-state index contributed by atoms with van der Waals surface area (Å²) in [5.41, 5.74) is 0.580. The summed E-state index contributed by atoms with van der Waals surface area (Å²) < 4.78 is 28.8. The number of anilines is 1. The smallest absolute Gasteiger partial charge is 0.287 e. The van der Waals surface area contributed by atoms with Crippen LogP contribution in [-0.2, 0) is 31.5 Å². The Morgan fingerprint density at radius 2 is 1.68 bits per heavy atom. The zero-order chi connectivity index (χ0) is 27.9. The molecule has 1 atom stereocenters. The molecule has 0 aliphatic carbocycles. The van der Waals surface area contributed by atoms with E-state index in [1.165, 1.54) is 52.7 Å². The number of piperazine rings is 1. The Morgan fingerprint density at radius 3 is 2.26 bits per heavy atom. The van der Waals surface area contributed by atoms with Gasteiger partial charge in [-0.3, -0.25) is 19.2 Å². The van der Waals surface area contributed by atoms with Crippen molar-refractivity contribution in [3.05, 3.63) is 42.5 Å². The fraction of sp³-hybridized carbons (Fsp3) is 0.458. The lowest BCUT2D eigenvalue weighted by molar-refractivity contribution is -0.137. The van der Waals surface area contributed by atoms with Crippen LogP contribution in [0.15, 0.2) is 41.7 Å². The van der Waals surface area contributed by atoms with E-state index in [4.69, 9.17) is 0 Å². The van der Waals surface area contributed by atoms with Crippen molar-refractivity contribution in [2.24, 2.45) is 7.05 Å². The molecule has 1 aromatic carbocycles. The molecule has 14 heteroatoms. The molecule has 0 spiro atoms. The quantitative estimate of drug-likeness (QED) is 0.320. The number of Topliss-reactive ketones (excluding diaryl/α,β-unsaturated/α-hetero) is 1. The van der Waals surface area contributed by atoms with Crippen molar-refractivity contribution in [3.8, 4) is 0 Å². The summed E-state index contributed by atoms with van der Waals surface area (Å²) >= 11 is 0. The zero-order valence-corrected chi connectivity index (χ0v) is 22.5. The summed E-state index contributed by atoms with van der Waals surface area (Å²) in [7, 11) is 1.27. The zero-order valence-electron chi connectivity index (χ0n) is 21.6. The highest BCUT2D eigenvalue weighted by Crippen LogP contribution is 2.20. The number of amides is 3. The molecular weight excluding hydrogens is 514 g/mol. The van der Waals surface area contributed by atoms with Gasteiger partial charge in [-0.2, -0.15) is 4.31 Å². The van der Waals surface area contributed by atoms with Gasteiger partial charge in [0.25, 0.3) is 11.8 Å². The van der Waals surface area contributed by atoms with E-state index in [0.717, 1.165) is 0 Å². The van der Waals surface area contributed by atoms with Gasteiger partial charge < -0.3 is 25.4 Å². The number of hydrogen-bond donors (Lipinski definition) is 3. The van der Waals surface area contributed by atoms with Gasteiger partial charge >= 0.3 is 0 Å². The maximum atomic E-state index is 13.1. The van der Waals surface area contributed by atoms with E-state index < -0.39 is 39.6 Å². The highest BCUT2D eigenvalue weighted by atomic mass is 32.2. The molecule has 3 N–H and O–H groups in total. The minimum Gasteiger partial charge on any atom is -0.353 e. The van der Waals surface area contributed by atoms with Crippen molar-refractivity contribution in [2.45, 2.75) is 30.2 Å². The Morgan fingerprint density at radius 1 is 1.03 bits per heavy atom. The topological polar surface area (TPSA) is 163 Å². The maximum absolute atomic E-state index is 13.1. The maximum Gasteiger partial charge on any atom is 0.287 e. The summed E-state index contributed by atoms with van der Waals surface area (Å²) in [6.45, 7) is 2.09. The number of ketones is 1. The molecule has 1 aliphatic heterocycles. The van der Waals surface area contributed by atoms with Crippen molar-refractivity contribution in [3.63, 3.8) is 0 Å². The number of rotatable bonds is 11. The number of carbonyl (C=O) groups is 4. The Labute approximate surface area is 221 Å². The molecule has 3 rings (SSSR count). The number of carbonyl (C=O) groups excluding carboxylic acids is 4. The van der Waals surface area contributed by atoms with Crippen molar-refractivity contribution in [2.75, 3.05) is 45.6 Å².